The van der Waals surface area contributed by atoms with Crippen LogP contribution in [0.25, 0.3) is 0 Å². The first-order valence-corrected chi connectivity index (χ1v) is 8.62. The molecular formula is C15H24N2O3S. The van der Waals surface area contributed by atoms with Crippen LogP contribution in [0.15, 0.2) is 23.1 Å². The van der Waals surface area contributed by atoms with Crippen LogP contribution < -0.4 is 5.14 Å². The lowest BCUT2D eigenvalue weighted by Gasteiger charge is -2.20. The summed E-state index contributed by atoms with van der Waals surface area (Å²) in [6.07, 6.45) is 1.56. The van der Waals surface area contributed by atoms with Crippen molar-refractivity contribution in [1.82, 2.24) is 4.90 Å². The van der Waals surface area contributed by atoms with E-state index >= 15 is 0 Å². The summed E-state index contributed by atoms with van der Waals surface area (Å²) < 4.78 is 22.9. The van der Waals surface area contributed by atoms with Crippen LogP contribution in [0.4, 0.5) is 0 Å². The summed E-state index contributed by atoms with van der Waals surface area (Å²) in [5, 5.41) is 5.14. The molecular weight excluding hydrogens is 288 g/mol. The van der Waals surface area contributed by atoms with Crippen molar-refractivity contribution in [1.29, 1.82) is 0 Å². The molecule has 0 fully saturated rings. The third kappa shape index (κ3) is 4.82. The van der Waals surface area contributed by atoms with Gasteiger partial charge in [-0.15, -0.1) is 0 Å². The smallest absolute Gasteiger partial charge is 0.253 e. The minimum absolute atomic E-state index is 0.0275. The average Bonchev–Trinajstić information content (AvgIpc) is 2.42. The highest BCUT2D eigenvalue weighted by Crippen LogP contribution is 2.18. The molecule has 6 heteroatoms. The van der Waals surface area contributed by atoms with Crippen LogP contribution in [0.2, 0.25) is 0 Å². The van der Waals surface area contributed by atoms with E-state index in [9.17, 15) is 13.2 Å². The Kier molecular flexibility index (Phi) is 5.92. The normalized spacial score (nSPS) is 11.7. The third-order valence-corrected chi connectivity index (χ3v) is 4.32. The molecule has 1 rings (SSSR count). The second-order valence-electron chi connectivity index (χ2n) is 5.63. The number of nitrogens with zero attached hydrogens (tertiary/aromatic N) is 1. The van der Waals surface area contributed by atoms with Gasteiger partial charge in [0.15, 0.2) is 0 Å². The monoisotopic (exact) mass is 312 g/mol. The molecule has 0 spiro atoms. The highest BCUT2D eigenvalue weighted by molar-refractivity contribution is 7.89. The lowest BCUT2D eigenvalue weighted by molar-refractivity contribution is 0.0788. The SMILES string of the molecule is CCc1ccc(S(N)(=O)=O)cc1C(=O)N(C)CCC(C)C. The number of aryl methyl sites for hydroxylation is 1. The van der Waals surface area contributed by atoms with Crippen LogP contribution in [0.5, 0.6) is 0 Å². The van der Waals surface area contributed by atoms with Gasteiger partial charge in [-0.2, -0.15) is 0 Å². The van der Waals surface area contributed by atoms with Crippen LogP contribution in [0.1, 0.15) is 43.1 Å². The standard InChI is InChI=1S/C15H24N2O3S/c1-5-12-6-7-13(21(16,19)20)10-14(12)15(18)17(4)9-8-11(2)3/h6-7,10-11H,5,8-9H2,1-4H3,(H2,16,19,20). The zero-order valence-corrected chi connectivity index (χ0v) is 13.9. The molecule has 1 amide bonds. The fourth-order valence-corrected chi connectivity index (χ4v) is 2.54. The molecule has 5 nitrogen and oxygen atoms in total. The minimum atomic E-state index is -3.81. The molecule has 0 aromatic heterocycles. The highest BCUT2D eigenvalue weighted by Gasteiger charge is 2.18. The first-order chi connectivity index (χ1) is 9.66. The van der Waals surface area contributed by atoms with Crippen molar-refractivity contribution in [2.75, 3.05) is 13.6 Å². The van der Waals surface area contributed by atoms with E-state index in [1.807, 2.05) is 6.92 Å². The molecule has 0 saturated carbocycles. The Morgan fingerprint density at radius 1 is 1.33 bits per heavy atom. The Bertz CT molecular complexity index is 609. The molecule has 0 atom stereocenters. The average molecular weight is 312 g/mol. The largest absolute Gasteiger partial charge is 0.342 e. The van der Waals surface area contributed by atoms with Crippen molar-refractivity contribution < 1.29 is 13.2 Å². The third-order valence-electron chi connectivity index (χ3n) is 3.41. The van der Waals surface area contributed by atoms with Gasteiger partial charge in [-0.1, -0.05) is 26.8 Å². The summed E-state index contributed by atoms with van der Waals surface area (Å²) >= 11 is 0. The summed E-state index contributed by atoms with van der Waals surface area (Å²) in [5.41, 5.74) is 1.24. The topological polar surface area (TPSA) is 80.5 Å². The van der Waals surface area contributed by atoms with Crippen molar-refractivity contribution in [3.63, 3.8) is 0 Å². The van der Waals surface area contributed by atoms with Crippen molar-refractivity contribution >= 4 is 15.9 Å². The second kappa shape index (κ2) is 7.04. The lowest BCUT2D eigenvalue weighted by Crippen LogP contribution is -2.29. The Labute approximate surface area is 127 Å². The number of rotatable bonds is 6. The number of sulfonamides is 1. The van der Waals surface area contributed by atoms with Crippen molar-refractivity contribution in [2.45, 2.75) is 38.5 Å². The molecule has 0 aliphatic rings. The molecule has 2 N–H and O–H groups in total. The summed E-state index contributed by atoms with van der Waals surface area (Å²) in [5.74, 6) is 0.333. The van der Waals surface area contributed by atoms with Gasteiger partial charge in [-0.05, 0) is 36.5 Å². The number of hydrogen-bond donors (Lipinski definition) is 1. The number of carbonyl (C=O) groups excluding carboxylic acids is 1. The fourth-order valence-electron chi connectivity index (χ4n) is 2.00. The Morgan fingerprint density at radius 3 is 2.43 bits per heavy atom. The Hall–Kier alpha value is -1.40. The van der Waals surface area contributed by atoms with E-state index in [1.165, 1.54) is 12.1 Å². The van der Waals surface area contributed by atoms with E-state index in [2.05, 4.69) is 13.8 Å². The highest BCUT2D eigenvalue weighted by atomic mass is 32.2. The maximum absolute atomic E-state index is 12.5. The van der Waals surface area contributed by atoms with Crippen LogP contribution >= 0.6 is 0 Å². The summed E-state index contributed by atoms with van der Waals surface area (Å²) in [7, 11) is -2.08. The van der Waals surface area contributed by atoms with Gasteiger partial charge in [0.05, 0.1) is 4.90 Å². The molecule has 0 aliphatic heterocycles. The van der Waals surface area contributed by atoms with E-state index in [0.717, 1.165) is 12.0 Å². The van der Waals surface area contributed by atoms with Gasteiger partial charge < -0.3 is 4.90 Å². The van der Waals surface area contributed by atoms with Crippen molar-refractivity contribution in [2.24, 2.45) is 11.1 Å². The van der Waals surface area contributed by atoms with E-state index < -0.39 is 10.0 Å². The summed E-state index contributed by atoms with van der Waals surface area (Å²) in [6, 6.07) is 4.48. The molecule has 0 radical (unpaired) electrons. The molecule has 0 heterocycles. The second-order valence-corrected chi connectivity index (χ2v) is 7.19. The van der Waals surface area contributed by atoms with Gasteiger partial charge in [0, 0.05) is 19.2 Å². The molecule has 0 bridgehead atoms. The van der Waals surface area contributed by atoms with Gasteiger partial charge in [0.1, 0.15) is 0 Å². The van der Waals surface area contributed by atoms with Gasteiger partial charge in [-0.3, -0.25) is 4.79 Å². The van der Waals surface area contributed by atoms with Gasteiger partial charge in [0.25, 0.3) is 5.91 Å². The number of benzene rings is 1. The zero-order chi connectivity index (χ0) is 16.2. The maximum Gasteiger partial charge on any atom is 0.253 e. The van der Waals surface area contributed by atoms with Gasteiger partial charge in [-0.25, -0.2) is 13.6 Å². The minimum Gasteiger partial charge on any atom is -0.342 e. The van der Waals surface area contributed by atoms with E-state index in [0.29, 0.717) is 24.4 Å². The first-order valence-electron chi connectivity index (χ1n) is 7.08. The molecule has 0 aliphatic carbocycles. The van der Waals surface area contributed by atoms with Crippen molar-refractivity contribution in [3.8, 4) is 0 Å². The zero-order valence-electron chi connectivity index (χ0n) is 13.1. The maximum atomic E-state index is 12.5. The Balaban J connectivity index is 3.12. The molecule has 0 unspecified atom stereocenters. The predicted octanol–water partition coefficient (Wildman–Crippen LogP) is 2.01. The number of amides is 1. The van der Waals surface area contributed by atoms with E-state index in [1.54, 1.807) is 18.0 Å². The Morgan fingerprint density at radius 2 is 1.95 bits per heavy atom. The van der Waals surface area contributed by atoms with E-state index in [4.69, 9.17) is 5.14 Å². The van der Waals surface area contributed by atoms with E-state index in [-0.39, 0.29) is 10.8 Å². The van der Waals surface area contributed by atoms with Crippen LogP contribution in [-0.2, 0) is 16.4 Å². The number of hydrogen-bond acceptors (Lipinski definition) is 3. The van der Waals surface area contributed by atoms with Gasteiger partial charge >= 0.3 is 0 Å². The van der Waals surface area contributed by atoms with Crippen LogP contribution in [0.3, 0.4) is 0 Å². The number of carbonyl (C=O) groups is 1. The lowest BCUT2D eigenvalue weighted by atomic mass is 10.0. The molecule has 1 aromatic carbocycles. The fraction of sp³-hybridized carbons (Fsp3) is 0.533. The van der Waals surface area contributed by atoms with Crippen LogP contribution in [-0.4, -0.2) is 32.8 Å². The van der Waals surface area contributed by atoms with Crippen LogP contribution in [0, 0.1) is 5.92 Å². The predicted molar refractivity (Wildman–Crippen MR) is 83.6 cm³/mol. The summed E-state index contributed by atoms with van der Waals surface area (Å²) in [4.78, 5) is 14.1. The number of nitrogens with two attached hydrogens (primary N) is 1. The van der Waals surface area contributed by atoms with Gasteiger partial charge in [0.2, 0.25) is 10.0 Å². The molecule has 0 saturated heterocycles. The number of primary sulfonamides is 1. The molecule has 21 heavy (non-hydrogen) atoms. The van der Waals surface area contributed by atoms with Crippen molar-refractivity contribution in [3.05, 3.63) is 29.3 Å². The quantitative estimate of drug-likeness (QED) is 0.872. The first kappa shape index (κ1) is 17.7. The molecule has 118 valence electrons. The summed E-state index contributed by atoms with van der Waals surface area (Å²) in [6.45, 7) is 6.75. The molecule has 1 aromatic rings.